The van der Waals surface area contributed by atoms with E-state index < -0.39 is 0 Å². The molecule has 0 aromatic rings. The van der Waals surface area contributed by atoms with E-state index in [1.807, 2.05) is 0 Å². The van der Waals surface area contributed by atoms with Crippen molar-refractivity contribution in [3.05, 3.63) is 0 Å². The lowest BCUT2D eigenvalue weighted by molar-refractivity contribution is -0.163. The van der Waals surface area contributed by atoms with E-state index in [-0.39, 0.29) is 29.9 Å². The van der Waals surface area contributed by atoms with Crippen molar-refractivity contribution < 1.29 is 18.9 Å². The molecule has 0 saturated carbocycles. The molecule has 8 heteroatoms. The Morgan fingerprint density at radius 1 is 0.655 bits per heavy atom. The highest BCUT2D eigenvalue weighted by molar-refractivity contribution is 6.39. The van der Waals surface area contributed by atoms with E-state index >= 15 is 0 Å². The molecule has 0 unspecified atom stereocenters. The number of hydrogen-bond donors (Lipinski definition) is 0. The second kappa shape index (κ2) is 15.1. The van der Waals surface area contributed by atoms with Crippen LogP contribution >= 0.6 is 0 Å². The lowest BCUT2D eigenvalue weighted by Gasteiger charge is -2.29. The topological polar surface area (TPSA) is 43.4 Å². The van der Waals surface area contributed by atoms with E-state index in [0.717, 1.165) is 33.1 Å². The second-order valence-electron chi connectivity index (χ2n) is 8.29. The van der Waals surface area contributed by atoms with Crippen molar-refractivity contribution in [2.75, 3.05) is 59.3 Å². The molecule has 0 aromatic carbocycles. The summed E-state index contributed by atoms with van der Waals surface area (Å²) in [4.78, 5) is 5.21. The van der Waals surface area contributed by atoms with E-state index in [9.17, 15) is 0 Å². The number of hydrogen-bond acceptors (Lipinski definition) is 6. The van der Waals surface area contributed by atoms with Gasteiger partial charge in [0.2, 0.25) is 0 Å². The Hall–Kier alpha value is 0.194. The van der Waals surface area contributed by atoms with Gasteiger partial charge in [-0.15, -0.1) is 0 Å². The first kappa shape index (κ1) is 27.2. The number of ether oxygens (including phenoxy) is 4. The fourth-order valence-corrected chi connectivity index (χ4v) is 7.85. The Balaban J connectivity index is 2.16. The molecule has 29 heavy (non-hydrogen) atoms. The minimum Gasteiger partial charge on any atom is -0.355 e. The Kier molecular flexibility index (Phi) is 14.2. The Morgan fingerprint density at radius 3 is 1.31 bits per heavy atom. The van der Waals surface area contributed by atoms with E-state index in [2.05, 4.69) is 51.3 Å². The van der Waals surface area contributed by atoms with Crippen LogP contribution in [0, 0.1) is 0 Å². The predicted molar refractivity (Wildman–Crippen MR) is 127 cm³/mol. The number of nitrogens with zero attached hydrogens (tertiary/aromatic N) is 2. The van der Waals surface area contributed by atoms with Gasteiger partial charge in [0.25, 0.3) is 0 Å². The highest BCUT2D eigenvalue weighted by atomic mass is 28.2. The molecule has 0 aromatic heterocycles. The molecule has 1 saturated heterocycles. The monoisotopic (exact) mass is 448 g/mol. The van der Waals surface area contributed by atoms with Crippen LogP contribution in [0.5, 0.6) is 0 Å². The zero-order chi connectivity index (χ0) is 21.6. The summed E-state index contributed by atoms with van der Waals surface area (Å²) in [7, 11) is -0.774. The third-order valence-electron chi connectivity index (χ3n) is 5.64. The SMILES string of the molecule is CCOC(C)(OCC)[SiH2]CCCN1CCN(CCC[SiH2]C(C)(OCC)OCC)C1. The van der Waals surface area contributed by atoms with Crippen LogP contribution in [-0.4, -0.2) is 98.9 Å². The van der Waals surface area contributed by atoms with Crippen molar-refractivity contribution in [3.63, 3.8) is 0 Å². The minimum absolute atomic E-state index is 0.276. The van der Waals surface area contributed by atoms with Gasteiger partial charge >= 0.3 is 0 Å². The third-order valence-corrected chi connectivity index (χ3v) is 9.98. The van der Waals surface area contributed by atoms with Gasteiger partial charge in [-0.2, -0.15) is 0 Å². The summed E-state index contributed by atoms with van der Waals surface area (Å²) in [5, 5.41) is 0. The maximum Gasteiger partial charge on any atom is 0.142 e. The molecule has 0 N–H and O–H groups in total. The normalized spacial score (nSPS) is 17.6. The molecule has 1 heterocycles. The molecule has 6 nitrogen and oxygen atoms in total. The summed E-state index contributed by atoms with van der Waals surface area (Å²) in [6.45, 7) is 21.4. The Bertz CT molecular complexity index is 370. The van der Waals surface area contributed by atoms with Gasteiger partial charge in [0.05, 0.1) is 25.7 Å². The van der Waals surface area contributed by atoms with Crippen LogP contribution in [0.3, 0.4) is 0 Å². The summed E-state index contributed by atoms with van der Waals surface area (Å²) in [6.07, 6.45) is 2.54. The van der Waals surface area contributed by atoms with E-state index in [1.165, 1.54) is 51.1 Å². The van der Waals surface area contributed by atoms with Crippen LogP contribution in [-0.2, 0) is 18.9 Å². The third kappa shape index (κ3) is 11.4. The van der Waals surface area contributed by atoms with Gasteiger partial charge in [0.15, 0.2) is 0 Å². The molecular formula is C21H48N2O4Si2. The zero-order valence-corrected chi connectivity index (χ0v) is 23.0. The molecule has 0 amide bonds. The summed E-state index contributed by atoms with van der Waals surface area (Å²) in [5.74, 6) is 0. The molecule has 0 aliphatic carbocycles. The minimum atomic E-state index is -0.387. The van der Waals surface area contributed by atoms with Gasteiger partial charge in [0, 0.05) is 39.5 Å². The van der Waals surface area contributed by atoms with Crippen molar-refractivity contribution in [2.45, 2.75) is 77.3 Å². The maximum atomic E-state index is 5.87. The molecule has 1 rings (SSSR count). The van der Waals surface area contributed by atoms with Gasteiger partial charge in [-0.3, -0.25) is 9.80 Å². The molecule has 1 aliphatic rings. The zero-order valence-electron chi connectivity index (χ0n) is 20.1. The van der Waals surface area contributed by atoms with E-state index in [4.69, 9.17) is 18.9 Å². The van der Waals surface area contributed by atoms with Crippen molar-refractivity contribution in [1.82, 2.24) is 9.80 Å². The fourth-order valence-electron chi connectivity index (χ4n) is 4.23. The molecular weight excluding hydrogens is 400 g/mol. The lowest BCUT2D eigenvalue weighted by atomic mass is 10.4. The summed E-state index contributed by atoms with van der Waals surface area (Å²) >= 11 is 0. The first-order valence-corrected chi connectivity index (χ1v) is 15.3. The van der Waals surface area contributed by atoms with Crippen LogP contribution in [0.2, 0.25) is 12.1 Å². The van der Waals surface area contributed by atoms with Crippen molar-refractivity contribution in [3.8, 4) is 0 Å². The molecule has 0 bridgehead atoms. The largest absolute Gasteiger partial charge is 0.355 e. The average Bonchev–Trinajstić information content (AvgIpc) is 3.11. The number of rotatable bonds is 18. The van der Waals surface area contributed by atoms with Gasteiger partial charge in [-0.1, -0.05) is 12.1 Å². The van der Waals surface area contributed by atoms with Crippen LogP contribution in [0.1, 0.15) is 54.4 Å². The summed E-state index contributed by atoms with van der Waals surface area (Å²) in [5.41, 5.74) is -0.552. The van der Waals surface area contributed by atoms with Gasteiger partial charge in [-0.05, 0) is 67.5 Å². The van der Waals surface area contributed by atoms with Crippen LogP contribution in [0.25, 0.3) is 0 Å². The Labute approximate surface area is 184 Å². The standard InChI is InChI=1S/C21H48N2O4Si2/c1-7-24-20(5,25-8-2)28-17-11-13-22-15-16-23(19-22)14-12-18-29-21(6,26-9-3)27-10-4/h7-19,28-29H2,1-6H3. The molecule has 174 valence electrons. The smallest absolute Gasteiger partial charge is 0.142 e. The fraction of sp³-hybridized carbons (Fsp3) is 1.00. The summed E-state index contributed by atoms with van der Waals surface area (Å²) in [6, 6.07) is 2.57. The first-order valence-electron chi connectivity index (χ1n) is 11.9. The van der Waals surface area contributed by atoms with E-state index in [0.29, 0.717) is 0 Å². The van der Waals surface area contributed by atoms with Crippen molar-refractivity contribution in [1.29, 1.82) is 0 Å². The van der Waals surface area contributed by atoms with Gasteiger partial charge in [-0.25, -0.2) is 0 Å². The molecule has 1 fully saturated rings. The molecule has 0 spiro atoms. The highest BCUT2D eigenvalue weighted by Gasteiger charge is 2.26. The maximum absolute atomic E-state index is 5.87. The average molecular weight is 449 g/mol. The predicted octanol–water partition coefficient (Wildman–Crippen LogP) is 2.01. The quantitative estimate of drug-likeness (QED) is 0.182. The molecule has 1 aliphatic heterocycles. The van der Waals surface area contributed by atoms with Gasteiger partial charge in [0.1, 0.15) is 10.8 Å². The first-order chi connectivity index (χ1) is 13.9. The lowest BCUT2D eigenvalue weighted by Crippen LogP contribution is -2.39. The van der Waals surface area contributed by atoms with Crippen LogP contribution < -0.4 is 0 Å². The van der Waals surface area contributed by atoms with Crippen molar-refractivity contribution >= 4 is 19.0 Å². The molecule has 0 radical (unpaired) electrons. The van der Waals surface area contributed by atoms with Crippen LogP contribution in [0.4, 0.5) is 0 Å². The van der Waals surface area contributed by atoms with Crippen molar-refractivity contribution in [2.24, 2.45) is 0 Å². The van der Waals surface area contributed by atoms with E-state index in [1.54, 1.807) is 0 Å². The van der Waals surface area contributed by atoms with Crippen LogP contribution in [0.15, 0.2) is 0 Å². The Morgan fingerprint density at radius 2 is 1.00 bits per heavy atom. The molecule has 0 atom stereocenters. The summed E-state index contributed by atoms with van der Waals surface area (Å²) < 4.78 is 23.5. The highest BCUT2D eigenvalue weighted by Crippen LogP contribution is 2.16. The van der Waals surface area contributed by atoms with Gasteiger partial charge < -0.3 is 18.9 Å². The second-order valence-corrected chi connectivity index (χ2v) is 13.3.